The number of likely N-dealkylation sites (tertiary alicyclic amines) is 1. The molecule has 4 heterocycles. The highest BCUT2D eigenvalue weighted by Gasteiger charge is 2.60. The first-order valence-electron chi connectivity index (χ1n) is 14.4. The van der Waals surface area contributed by atoms with E-state index in [1.165, 1.54) is 40.3 Å². The minimum absolute atomic E-state index is 0.0202. The second-order valence-corrected chi connectivity index (χ2v) is 13.9. The maximum Gasteiger partial charge on any atom is 0.519 e. The van der Waals surface area contributed by atoms with E-state index in [9.17, 15) is 33.9 Å². The summed E-state index contributed by atoms with van der Waals surface area (Å²) in [6.07, 6.45) is -1.57. The van der Waals surface area contributed by atoms with Gasteiger partial charge in [0.15, 0.2) is 18.1 Å². The lowest BCUT2D eigenvalue weighted by Gasteiger charge is -2.46. The number of hydrogen-bond acceptors (Lipinski definition) is 13. The molecular formula is C29H39N3O12S. The number of aliphatic hydroxyl groups is 1. The number of thioether (sulfide) groups is 1. The highest BCUT2D eigenvalue weighted by molar-refractivity contribution is 8.03. The fourth-order valence-corrected chi connectivity index (χ4v) is 7.12. The van der Waals surface area contributed by atoms with E-state index in [0.29, 0.717) is 4.91 Å². The van der Waals surface area contributed by atoms with Crippen LogP contribution in [-0.4, -0.2) is 101 Å². The Labute approximate surface area is 263 Å². The van der Waals surface area contributed by atoms with Gasteiger partial charge in [-0.2, -0.15) is 0 Å². The van der Waals surface area contributed by atoms with Gasteiger partial charge >= 0.3 is 23.9 Å². The van der Waals surface area contributed by atoms with Crippen LogP contribution in [0.25, 0.3) is 0 Å². The van der Waals surface area contributed by atoms with Crippen molar-refractivity contribution < 1.29 is 52.1 Å². The van der Waals surface area contributed by atoms with Gasteiger partial charge in [0, 0.05) is 36.7 Å². The van der Waals surface area contributed by atoms with E-state index in [4.69, 9.17) is 23.0 Å². The van der Waals surface area contributed by atoms with Crippen molar-refractivity contribution in [3.8, 4) is 0 Å². The quantitative estimate of drug-likeness (QED) is 0.230. The molecule has 1 N–H and O–H groups in total. The van der Waals surface area contributed by atoms with Crippen LogP contribution in [0.3, 0.4) is 0 Å². The predicted octanol–water partition coefficient (Wildman–Crippen LogP) is 1.60. The zero-order valence-corrected chi connectivity index (χ0v) is 27.3. The first kappa shape index (κ1) is 34.1. The summed E-state index contributed by atoms with van der Waals surface area (Å²) >= 11 is 1.24. The molecule has 2 saturated heterocycles. The smallest absolute Gasteiger partial charge is 0.441 e. The number of carbonyl (C=O) groups is 5. The Balaban J connectivity index is 1.56. The topological polar surface area (TPSA) is 186 Å². The average Bonchev–Trinajstić information content (AvgIpc) is 3.58. The lowest BCUT2D eigenvalue weighted by atomic mass is 9.79. The van der Waals surface area contributed by atoms with Gasteiger partial charge in [-0.3, -0.25) is 19.3 Å². The van der Waals surface area contributed by atoms with Crippen LogP contribution in [0.5, 0.6) is 0 Å². The van der Waals surface area contributed by atoms with E-state index in [1.54, 1.807) is 34.9 Å². The fourth-order valence-electron chi connectivity index (χ4n) is 5.60. The maximum absolute atomic E-state index is 13.4. The first-order valence-corrected chi connectivity index (χ1v) is 15.3. The minimum atomic E-state index is -0.960. The molecule has 3 amide bonds. The van der Waals surface area contributed by atoms with E-state index < -0.39 is 71.3 Å². The maximum atomic E-state index is 13.4. The number of carbonyl (C=O) groups excluding carboxylic acids is 5. The molecule has 4 rings (SSSR count). The van der Waals surface area contributed by atoms with E-state index in [0.717, 1.165) is 0 Å². The molecular weight excluding hydrogens is 614 g/mol. The van der Waals surface area contributed by atoms with Crippen LogP contribution in [0.2, 0.25) is 0 Å². The number of esters is 2. The number of aliphatic hydroxyl groups excluding tert-OH is 1. The van der Waals surface area contributed by atoms with E-state index >= 15 is 0 Å². The Hall–Kier alpha value is -3.79. The summed E-state index contributed by atoms with van der Waals surface area (Å²) in [5.74, 6) is -4.09. The van der Waals surface area contributed by atoms with E-state index in [-0.39, 0.29) is 48.6 Å². The largest absolute Gasteiger partial charge is 0.519 e. The third kappa shape index (κ3) is 6.76. The van der Waals surface area contributed by atoms with Crippen molar-refractivity contribution in [1.29, 1.82) is 0 Å². The molecule has 0 spiro atoms. The highest BCUT2D eigenvalue weighted by atomic mass is 32.2. The van der Waals surface area contributed by atoms with Gasteiger partial charge in [0.05, 0.1) is 23.5 Å². The predicted molar refractivity (Wildman–Crippen MR) is 156 cm³/mol. The molecule has 0 radical (unpaired) electrons. The summed E-state index contributed by atoms with van der Waals surface area (Å²) < 4.78 is 25.4. The summed E-state index contributed by atoms with van der Waals surface area (Å²) in [6, 6.07) is -1.40. The molecule has 15 nitrogen and oxygen atoms in total. The van der Waals surface area contributed by atoms with Gasteiger partial charge in [0.1, 0.15) is 11.7 Å². The second-order valence-electron chi connectivity index (χ2n) is 12.6. The number of rotatable bonds is 9. The number of aryl methyl sites for hydroxylation is 1. The summed E-state index contributed by atoms with van der Waals surface area (Å²) in [5, 5.41) is 9.90. The fraction of sp³-hybridized carbons (Fsp3) is 0.655. The van der Waals surface area contributed by atoms with Gasteiger partial charge in [0.25, 0.3) is 0 Å². The Morgan fingerprint density at radius 1 is 1.11 bits per heavy atom. The number of fused-ring (bicyclic) bond motifs is 1. The van der Waals surface area contributed by atoms with Crippen molar-refractivity contribution in [2.75, 3.05) is 27.4 Å². The van der Waals surface area contributed by atoms with Gasteiger partial charge < -0.3 is 38.0 Å². The Kier molecular flexibility index (Phi) is 9.78. The molecule has 0 aliphatic carbocycles. The third-order valence-corrected chi connectivity index (χ3v) is 9.47. The van der Waals surface area contributed by atoms with Crippen LogP contribution >= 0.6 is 11.8 Å². The van der Waals surface area contributed by atoms with Crippen LogP contribution in [0.1, 0.15) is 52.6 Å². The normalized spacial score (nSPS) is 25.1. The summed E-state index contributed by atoms with van der Waals surface area (Å²) in [6.45, 7) is 8.79. The van der Waals surface area contributed by atoms with Crippen LogP contribution in [0.4, 0.5) is 4.79 Å². The molecule has 0 aromatic carbocycles. The number of hydrogen-bond donors (Lipinski definition) is 1. The highest BCUT2D eigenvalue weighted by Crippen LogP contribution is 2.52. The van der Waals surface area contributed by atoms with Gasteiger partial charge in [0.2, 0.25) is 18.6 Å². The number of nitrogens with zero attached hydrogens (tertiary/aromatic N) is 3. The number of likely N-dealkylation sites (N-methyl/N-ethyl adjacent to an activating group) is 1. The van der Waals surface area contributed by atoms with Crippen LogP contribution in [0, 0.1) is 24.2 Å². The van der Waals surface area contributed by atoms with E-state index in [1.807, 2.05) is 6.92 Å². The van der Waals surface area contributed by atoms with Gasteiger partial charge in [-0.25, -0.2) is 14.4 Å². The summed E-state index contributed by atoms with van der Waals surface area (Å²) in [4.78, 5) is 80.7. The molecule has 6 unspecified atom stereocenters. The molecule has 2 fully saturated rings. The molecule has 248 valence electrons. The van der Waals surface area contributed by atoms with Crippen LogP contribution in [0.15, 0.2) is 24.2 Å². The van der Waals surface area contributed by atoms with Crippen molar-refractivity contribution in [1.82, 2.24) is 14.7 Å². The molecule has 16 heteroatoms. The SMILES string of the molecule is Cc1oc(=O)oc1COC(=O)N1CC(SC2=C(C(=O)OCOC(=O)C(C)(C)C)N3C(=O)C(C(C)O)C3C2C)CC1C(=O)N(C)C. The van der Waals surface area contributed by atoms with Gasteiger partial charge in [-0.1, -0.05) is 6.92 Å². The Morgan fingerprint density at radius 3 is 2.33 bits per heavy atom. The molecule has 6 atom stereocenters. The molecule has 3 aliphatic rings. The molecule has 1 aromatic rings. The average molecular weight is 654 g/mol. The molecule has 3 aliphatic heterocycles. The Bertz CT molecular complexity index is 1450. The minimum Gasteiger partial charge on any atom is -0.441 e. The first-order chi connectivity index (χ1) is 20.9. The van der Waals surface area contributed by atoms with Crippen molar-refractivity contribution in [2.24, 2.45) is 17.3 Å². The summed E-state index contributed by atoms with van der Waals surface area (Å²) in [5.41, 5.74) is -0.841. The Morgan fingerprint density at radius 2 is 1.78 bits per heavy atom. The second kappa shape index (κ2) is 12.9. The summed E-state index contributed by atoms with van der Waals surface area (Å²) in [7, 11) is 3.12. The molecule has 1 aromatic heterocycles. The molecule has 45 heavy (non-hydrogen) atoms. The van der Waals surface area contributed by atoms with Crippen LogP contribution in [-0.2, 0) is 40.0 Å². The van der Waals surface area contributed by atoms with Crippen molar-refractivity contribution in [3.05, 3.63) is 32.7 Å². The zero-order chi connectivity index (χ0) is 33.5. The lowest BCUT2D eigenvalue weighted by molar-refractivity contribution is -0.175. The van der Waals surface area contributed by atoms with Gasteiger partial charge in [-0.15, -0.1) is 11.8 Å². The van der Waals surface area contributed by atoms with Crippen molar-refractivity contribution >= 4 is 41.6 Å². The van der Waals surface area contributed by atoms with Crippen molar-refractivity contribution in [2.45, 2.75) is 78.0 Å². The van der Waals surface area contributed by atoms with Gasteiger partial charge in [-0.05, 0) is 41.0 Å². The number of amides is 3. The number of β-lactam (4-membered cyclic amide) rings is 1. The lowest BCUT2D eigenvalue weighted by Crippen LogP contribution is -2.63. The number of ether oxygens (including phenoxy) is 3. The molecule has 0 bridgehead atoms. The third-order valence-electron chi connectivity index (χ3n) is 7.97. The monoisotopic (exact) mass is 653 g/mol. The van der Waals surface area contributed by atoms with Crippen LogP contribution < -0.4 is 5.82 Å². The van der Waals surface area contributed by atoms with Crippen molar-refractivity contribution in [3.63, 3.8) is 0 Å². The standard InChI is InChI=1S/C29H39N3O12S/c1-13-20-19(14(2)33)24(35)32(20)21(25(36)41-12-42-26(37)29(4,5)6)22(13)45-16-9-17(23(34)30(7)8)31(10-16)27(38)40-11-18-15(3)43-28(39)44-18/h13-14,16-17,19-20,33H,9-12H2,1-8H3. The van der Waals surface area contributed by atoms with E-state index in [2.05, 4.69) is 0 Å². The zero-order valence-electron chi connectivity index (χ0n) is 26.5. The molecule has 0 saturated carbocycles.